The first-order chi connectivity index (χ1) is 7.76. The van der Waals surface area contributed by atoms with E-state index in [1.54, 1.807) is 0 Å². The van der Waals surface area contributed by atoms with Crippen LogP contribution in [0.2, 0.25) is 0 Å². The number of anilines is 1. The number of hydrogen-bond donors (Lipinski definition) is 1. The van der Waals surface area contributed by atoms with E-state index in [9.17, 15) is 0 Å². The third kappa shape index (κ3) is 7.64. The van der Waals surface area contributed by atoms with Crippen LogP contribution in [0.3, 0.4) is 0 Å². The lowest BCUT2D eigenvalue weighted by molar-refractivity contribution is 0.249. The molecule has 0 fully saturated rings. The fourth-order valence-corrected chi connectivity index (χ4v) is 1.58. The van der Waals surface area contributed by atoms with E-state index in [2.05, 4.69) is 18.7 Å². The first-order valence-electron chi connectivity index (χ1n) is 5.97. The van der Waals surface area contributed by atoms with Gasteiger partial charge >= 0.3 is 0 Å². The summed E-state index contributed by atoms with van der Waals surface area (Å²) in [6.07, 6.45) is 1.06. The summed E-state index contributed by atoms with van der Waals surface area (Å²) in [5.74, 6) is 0.897. The maximum absolute atomic E-state index is 5.62. The summed E-state index contributed by atoms with van der Waals surface area (Å²) in [4.78, 5) is 2.40. The number of halogens is 2. The molecule has 0 amide bonds. The summed E-state index contributed by atoms with van der Waals surface area (Å²) < 4.78 is 5.62. The van der Waals surface area contributed by atoms with Crippen molar-refractivity contribution in [3.63, 3.8) is 0 Å². The molecule has 0 aliphatic rings. The molecule has 0 aliphatic carbocycles. The topological polar surface area (TPSA) is 38.5 Å². The van der Waals surface area contributed by atoms with Crippen molar-refractivity contribution in [3.05, 3.63) is 24.3 Å². The Kier molecular flexibility index (Phi) is 12.5. The smallest absolute Gasteiger partial charge is 0.119 e. The van der Waals surface area contributed by atoms with Crippen LogP contribution in [0.1, 0.15) is 20.3 Å². The second kappa shape index (κ2) is 11.5. The van der Waals surface area contributed by atoms with Crippen LogP contribution >= 0.6 is 24.8 Å². The molecule has 0 aliphatic heterocycles. The summed E-state index contributed by atoms with van der Waals surface area (Å²) in [5, 5.41) is 0. The molecule has 0 radical (unpaired) electrons. The number of nitrogens with zero attached hydrogens (tertiary/aromatic N) is 1. The molecule has 0 atom stereocenters. The molecular weight excluding hydrogens is 271 g/mol. The summed E-state index contributed by atoms with van der Waals surface area (Å²) >= 11 is 0. The summed E-state index contributed by atoms with van der Waals surface area (Å²) in [5.41, 5.74) is 6.37. The SMILES string of the molecule is CCN(CC)CCCOc1ccc(N)cc1.Cl.Cl. The molecule has 5 heteroatoms. The molecule has 106 valence electrons. The van der Waals surface area contributed by atoms with Crippen molar-refractivity contribution in [2.75, 3.05) is 32.0 Å². The highest BCUT2D eigenvalue weighted by molar-refractivity contribution is 5.85. The third-order valence-electron chi connectivity index (χ3n) is 2.66. The van der Waals surface area contributed by atoms with E-state index < -0.39 is 0 Å². The fraction of sp³-hybridized carbons (Fsp3) is 0.538. The van der Waals surface area contributed by atoms with E-state index in [1.165, 1.54) is 0 Å². The highest BCUT2D eigenvalue weighted by Crippen LogP contribution is 2.13. The summed E-state index contributed by atoms with van der Waals surface area (Å²) in [6, 6.07) is 7.54. The van der Waals surface area contributed by atoms with Gasteiger partial charge < -0.3 is 15.4 Å². The molecule has 0 saturated carbocycles. The summed E-state index contributed by atoms with van der Waals surface area (Å²) in [6.45, 7) is 8.45. The highest BCUT2D eigenvalue weighted by Gasteiger charge is 1.98. The lowest BCUT2D eigenvalue weighted by Crippen LogP contribution is -2.25. The molecule has 0 heterocycles. The van der Waals surface area contributed by atoms with Gasteiger partial charge in [0.15, 0.2) is 0 Å². The monoisotopic (exact) mass is 294 g/mol. The molecule has 1 aromatic carbocycles. The molecule has 18 heavy (non-hydrogen) atoms. The Hall–Kier alpha value is -0.640. The second-order valence-corrected chi connectivity index (χ2v) is 3.80. The zero-order chi connectivity index (χ0) is 11.8. The molecule has 2 N–H and O–H groups in total. The molecular formula is C13H24Cl2N2O. The first kappa shape index (κ1) is 19.7. The van der Waals surface area contributed by atoms with Crippen molar-refractivity contribution in [2.45, 2.75) is 20.3 Å². The Morgan fingerprint density at radius 1 is 1.06 bits per heavy atom. The molecule has 1 aromatic rings. The Morgan fingerprint density at radius 2 is 1.61 bits per heavy atom. The Balaban J connectivity index is 0. The molecule has 0 saturated heterocycles. The maximum Gasteiger partial charge on any atom is 0.119 e. The van der Waals surface area contributed by atoms with Crippen molar-refractivity contribution in [2.24, 2.45) is 0 Å². The van der Waals surface area contributed by atoms with E-state index in [4.69, 9.17) is 10.5 Å². The lowest BCUT2D eigenvalue weighted by Gasteiger charge is -2.17. The average Bonchev–Trinajstić information content (AvgIpc) is 2.32. The number of nitrogens with two attached hydrogens (primary N) is 1. The van der Waals surface area contributed by atoms with E-state index >= 15 is 0 Å². The highest BCUT2D eigenvalue weighted by atomic mass is 35.5. The Bertz CT molecular complexity index is 290. The van der Waals surface area contributed by atoms with Crippen LogP contribution in [-0.4, -0.2) is 31.1 Å². The normalized spacial score (nSPS) is 9.50. The van der Waals surface area contributed by atoms with Crippen molar-refractivity contribution in [1.82, 2.24) is 4.90 Å². The van der Waals surface area contributed by atoms with Crippen molar-refractivity contribution in [3.8, 4) is 5.75 Å². The van der Waals surface area contributed by atoms with E-state index in [0.29, 0.717) is 0 Å². The number of nitrogen functional groups attached to an aromatic ring is 1. The predicted octanol–water partition coefficient (Wildman–Crippen LogP) is 3.22. The number of hydrogen-bond acceptors (Lipinski definition) is 3. The lowest BCUT2D eigenvalue weighted by atomic mass is 10.3. The van der Waals surface area contributed by atoms with Gasteiger partial charge in [0.1, 0.15) is 5.75 Å². The van der Waals surface area contributed by atoms with Gasteiger partial charge in [-0.1, -0.05) is 13.8 Å². The van der Waals surface area contributed by atoms with E-state index in [0.717, 1.165) is 44.1 Å². The molecule has 0 spiro atoms. The van der Waals surface area contributed by atoms with Gasteiger partial charge in [-0.15, -0.1) is 24.8 Å². The van der Waals surface area contributed by atoms with Crippen LogP contribution in [-0.2, 0) is 0 Å². The number of benzene rings is 1. The first-order valence-corrected chi connectivity index (χ1v) is 5.97. The minimum atomic E-state index is 0. The van der Waals surface area contributed by atoms with Crippen molar-refractivity contribution in [1.29, 1.82) is 0 Å². The Labute approximate surface area is 123 Å². The van der Waals surface area contributed by atoms with Gasteiger partial charge in [0.2, 0.25) is 0 Å². The van der Waals surface area contributed by atoms with Gasteiger partial charge in [-0.2, -0.15) is 0 Å². The molecule has 0 bridgehead atoms. The fourth-order valence-electron chi connectivity index (χ4n) is 1.58. The largest absolute Gasteiger partial charge is 0.494 e. The van der Waals surface area contributed by atoms with Crippen LogP contribution < -0.4 is 10.5 Å². The quantitative estimate of drug-likeness (QED) is 0.620. The minimum absolute atomic E-state index is 0. The second-order valence-electron chi connectivity index (χ2n) is 3.80. The van der Waals surface area contributed by atoms with E-state index in [-0.39, 0.29) is 24.8 Å². The average molecular weight is 295 g/mol. The molecule has 3 nitrogen and oxygen atoms in total. The van der Waals surface area contributed by atoms with Crippen LogP contribution in [0.5, 0.6) is 5.75 Å². The standard InChI is InChI=1S/C13H22N2O.2ClH/c1-3-15(4-2)10-5-11-16-13-8-6-12(14)7-9-13;;/h6-9H,3-5,10-11,14H2,1-2H3;2*1H. The summed E-state index contributed by atoms with van der Waals surface area (Å²) in [7, 11) is 0. The van der Waals surface area contributed by atoms with Gasteiger partial charge in [-0.3, -0.25) is 0 Å². The minimum Gasteiger partial charge on any atom is -0.494 e. The van der Waals surface area contributed by atoms with Gasteiger partial charge in [-0.25, -0.2) is 0 Å². The zero-order valence-electron chi connectivity index (χ0n) is 11.1. The van der Waals surface area contributed by atoms with Crippen molar-refractivity contribution >= 4 is 30.5 Å². The molecule has 0 aromatic heterocycles. The number of rotatable bonds is 7. The maximum atomic E-state index is 5.62. The van der Waals surface area contributed by atoms with Crippen molar-refractivity contribution < 1.29 is 4.74 Å². The van der Waals surface area contributed by atoms with Crippen LogP contribution in [0.15, 0.2) is 24.3 Å². The van der Waals surface area contributed by atoms with E-state index in [1.807, 2.05) is 24.3 Å². The number of ether oxygens (including phenoxy) is 1. The third-order valence-corrected chi connectivity index (χ3v) is 2.66. The van der Waals surface area contributed by atoms with Crippen LogP contribution in [0.4, 0.5) is 5.69 Å². The van der Waals surface area contributed by atoms with Gasteiger partial charge in [-0.05, 0) is 43.8 Å². The van der Waals surface area contributed by atoms with Crippen LogP contribution in [0, 0.1) is 0 Å². The van der Waals surface area contributed by atoms with Gasteiger partial charge in [0, 0.05) is 12.2 Å². The zero-order valence-corrected chi connectivity index (χ0v) is 12.7. The predicted molar refractivity (Wildman–Crippen MR) is 83.3 cm³/mol. The van der Waals surface area contributed by atoms with Gasteiger partial charge in [0.05, 0.1) is 6.61 Å². The molecule has 1 rings (SSSR count). The molecule has 0 unspecified atom stereocenters. The van der Waals surface area contributed by atoms with Gasteiger partial charge in [0.25, 0.3) is 0 Å². The van der Waals surface area contributed by atoms with Crippen LogP contribution in [0.25, 0.3) is 0 Å². The Morgan fingerprint density at radius 3 is 2.11 bits per heavy atom.